The van der Waals surface area contributed by atoms with Gasteiger partial charge in [-0.2, -0.15) is 5.10 Å². The molecule has 2 heterocycles. The van der Waals surface area contributed by atoms with Crippen LogP contribution in [0.25, 0.3) is 0 Å². The summed E-state index contributed by atoms with van der Waals surface area (Å²) in [6.45, 7) is 6.02. The number of carbonyl (C=O) groups is 1. The van der Waals surface area contributed by atoms with E-state index in [0.29, 0.717) is 18.3 Å². The van der Waals surface area contributed by atoms with Crippen molar-refractivity contribution in [1.29, 1.82) is 0 Å². The highest BCUT2D eigenvalue weighted by molar-refractivity contribution is 5.76. The van der Waals surface area contributed by atoms with Gasteiger partial charge in [0.2, 0.25) is 5.91 Å². The van der Waals surface area contributed by atoms with Crippen LogP contribution in [-0.4, -0.2) is 40.2 Å². The fourth-order valence-corrected chi connectivity index (χ4v) is 3.43. The van der Waals surface area contributed by atoms with Crippen LogP contribution in [0.2, 0.25) is 0 Å². The van der Waals surface area contributed by atoms with E-state index in [1.54, 1.807) is 10.7 Å². The highest BCUT2D eigenvalue weighted by Gasteiger charge is 2.22. The van der Waals surface area contributed by atoms with Crippen molar-refractivity contribution in [3.05, 3.63) is 47.7 Å². The van der Waals surface area contributed by atoms with Gasteiger partial charge in [0.15, 0.2) is 0 Å². The summed E-state index contributed by atoms with van der Waals surface area (Å²) in [5, 5.41) is 7.19. The summed E-state index contributed by atoms with van der Waals surface area (Å²) >= 11 is 0. The molecule has 1 aliphatic heterocycles. The molecule has 1 aliphatic rings. The number of rotatable bonds is 7. The second kappa shape index (κ2) is 8.16. The average molecular weight is 341 g/mol. The van der Waals surface area contributed by atoms with Crippen molar-refractivity contribution < 1.29 is 4.79 Å². The predicted molar refractivity (Wildman–Crippen MR) is 98.8 cm³/mol. The highest BCUT2D eigenvalue weighted by Crippen LogP contribution is 2.21. The second-order valence-electron chi connectivity index (χ2n) is 6.88. The zero-order chi connectivity index (χ0) is 17.6. The fraction of sp³-hybridized carbons (Fsp3) is 0.474. The van der Waals surface area contributed by atoms with Crippen molar-refractivity contribution in [1.82, 2.24) is 20.0 Å². The van der Waals surface area contributed by atoms with E-state index in [1.807, 2.05) is 6.92 Å². The van der Waals surface area contributed by atoms with Crippen LogP contribution in [-0.2, 0) is 17.9 Å². The van der Waals surface area contributed by atoms with Gasteiger partial charge < -0.3 is 11.1 Å². The van der Waals surface area contributed by atoms with Crippen LogP contribution in [0.4, 0.5) is 5.82 Å². The number of benzene rings is 1. The minimum atomic E-state index is -0.0334. The Bertz CT molecular complexity index is 697. The first-order valence-electron chi connectivity index (χ1n) is 8.93. The molecule has 0 aliphatic carbocycles. The Kier molecular flexibility index (Phi) is 5.71. The van der Waals surface area contributed by atoms with Crippen molar-refractivity contribution in [2.75, 3.05) is 25.4 Å². The van der Waals surface area contributed by atoms with E-state index in [-0.39, 0.29) is 12.5 Å². The quantitative estimate of drug-likeness (QED) is 0.805. The van der Waals surface area contributed by atoms with Gasteiger partial charge in [-0.05, 0) is 37.8 Å². The molecule has 6 nitrogen and oxygen atoms in total. The monoisotopic (exact) mass is 341 g/mol. The molecule has 1 amide bonds. The van der Waals surface area contributed by atoms with Crippen molar-refractivity contribution in [3.8, 4) is 0 Å². The van der Waals surface area contributed by atoms with Gasteiger partial charge in [0.25, 0.3) is 0 Å². The summed E-state index contributed by atoms with van der Waals surface area (Å²) in [7, 11) is 0. The molecular formula is C19H27N5O. The summed E-state index contributed by atoms with van der Waals surface area (Å²) < 4.78 is 1.54. The number of nitrogens with zero attached hydrogens (tertiary/aromatic N) is 3. The van der Waals surface area contributed by atoms with Crippen LogP contribution in [0.15, 0.2) is 36.4 Å². The van der Waals surface area contributed by atoms with Gasteiger partial charge in [0.1, 0.15) is 12.4 Å². The fourth-order valence-electron chi connectivity index (χ4n) is 3.43. The molecule has 134 valence electrons. The van der Waals surface area contributed by atoms with E-state index >= 15 is 0 Å². The number of nitrogen functional groups attached to an aromatic ring is 1. The molecule has 1 atom stereocenters. The molecule has 3 rings (SSSR count). The average Bonchev–Trinajstić information content (AvgIpc) is 3.14. The Hall–Kier alpha value is -2.34. The SMILES string of the molecule is Cc1cc(N)n(CC(=O)NCC[C@H]2CCN(Cc3ccccc3)C2)n1. The van der Waals surface area contributed by atoms with Gasteiger partial charge in [0.05, 0.1) is 5.69 Å². The number of anilines is 1. The maximum Gasteiger partial charge on any atom is 0.241 e. The molecular weight excluding hydrogens is 314 g/mol. The van der Waals surface area contributed by atoms with Gasteiger partial charge in [-0.25, -0.2) is 4.68 Å². The second-order valence-corrected chi connectivity index (χ2v) is 6.88. The van der Waals surface area contributed by atoms with E-state index in [1.165, 1.54) is 12.0 Å². The van der Waals surface area contributed by atoms with Crippen LogP contribution in [0, 0.1) is 12.8 Å². The molecule has 6 heteroatoms. The Morgan fingerprint density at radius 3 is 2.88 bits per heavy atom. The molecule has 2 aromatic rings. The van der Waals surface area contributed by atoms with Crippen molar-refractivity contribution >= 4 is 11.7 Å². The van der Waals surface area contributed by atoms with Crippen molar-refractivity contribution in [3.63, 3.8) is 0 Å². The summed E-state index contributed by atoms with van der Waals surface area (Å²) in [6, 6.07) is 12.4. The van der Waals surface area contributed by atoms with Crippen LogP contribution in [0.5, 0.6) is 0 Å². The predicted octanol–water partition coefficient (Wildman–Crippen LogP) is 1.80. The van der Waals surface area contributed by atoms with Crippen molar-refractivity contribution in [2.45, 2.75) is 32.9 Å². The van der Waals surface area contributed by atoms with E-state index in [0.717, 1.165) is 31.7 Å². The summed E-state index contributed by atoms with van der Waals surface area (Å²) in [6.07, 6.45) is 2.22. The Labute approximate surface area is 149 Å². The third-order valence-corrected chi connectivity index (χ3v) is 4.72. The zero-order valence-electron chi connectivity index (χ0n) is 14.8. The summed E-state index contributed by atoms with van der Waals surface area (Å²) in [4.78, 5) is 14.5. The smallest absolute Gasteiger partial charge is 0.241 e. The third-order valence-electron chi connectivity index (χ3n) is 4.72. The van der Waals surface area contributed by atoms with E-state index in [2.05, 4.69) is 45.6 Å². The molecule has 0 spiro atoms. The first kappa shape index (κ1) is 17.5. The maximum absolute atomic E-state index is 12.0. The van der Waals surface area contributed by atoms with Gasteiger partial charge in [-0.1, -0.05) is 30.3 Å². The number of aryl methyl sites for hydroxylation is 1. The third kappa shape index (κ3) is 5.06. The maximum atomic E-state index is 12.0. The van der Waals surface area contributed by atoms with Gasteiger partial charge in [-0.3, -0.25) is 9.69 Å². The molecule has 0 radical (unpaired) electrons. The molecule has 1 fully saturated rings. The lowest BCUT2D eigenvalue weighted by molar-refractivity contribution is -0.121. The number of hydrogen-bond donors (Lipinski definition) is 2. The topological polar surface area (TPSA) is 76.2 Å². The molecule has 1 saturated heterocycles. The molecule has 25 heavy (non-hydrogen) atoms. The lowest BCUT2D eigenvalue weighted by Gasteiger charge is -2.16. The Balaban J connectivity index is 1.35. The summed E-state index contributed by atoms with van der Waals surface area (Å²) in [5.74, 6) is 1.15. The lowest BCUT2D eigenvalue weighted by Crippen LogP contribution is -2.30. The number of amides is 1. The molecule has 1 aromatic heterocycles. The lowest BCUT2D eigenvalue weighted by atomic mass is 10.1. The largest absolute Gasteiger partial charge is 0.384 e. The number of aromatic nitrogens is 2. The number of carbonyl (C=O) groups excluding carboxylic acids is 1. The van der Waals surface area contributed by atoms with Crippen LogP contribution in [0.1, 0.15) is 24.1 Å². The Morgan fingerprint density at radius 2 is 2.16 bits per heavy atom. The number of likely N-dealkylation sites (tertiary alicyclic amines) is 1. The Morgan fingerprint density at radius 1 is 1.36 bits per heavy atom. The van der Waals surface area contributed by atoms with Crippen molar-refractivity contribution in [2.24, 2.45) is 5.92 Å². The normalized spacial score (nSPS) is 17.7. The minimum absolute atomic E-state index is 0.0334. The van der Waals surface area contributed by atoms with Gasteiger partial charge in [0, 0.05) is 25.7 Å². The molecule has 0 unspecified atom stereocenters. The van der Waals surface area contributed by atoms with Gasteiger partial charge >= 0.3 is 0 Å². The van der Waals surface area contributed by atoms with E-state index < -0.39 is 0 Å². The van der Waals surface area contributed by atoms with Gasteiger partial charge in [-0.15, -0.1) is 0 Å². The highest BCUT2D eigenvalue weighted by atomic mass is 16.2. The first-order valence-corrected chi connectivity index (χ1v) is 8.93. The van der Waals surface area contributed by atoms with E-state index in [9.17, 15) is 4.79 Å². The molecule has 0 bridgehead atoms. The summed E-state index contributed by atoms with van der Waals surface area (Å²) in [5.41, 5.74) is 8.00. The molecule has 1 aromatic carbocycles. The van der Waals surface area contributed by atoms with Crippen LogP contribution in [0.3, 0.4) is 0 Å². The number of hydrogen-bond acceptors (Lipinski definition) is 4. The minimum Gasteiger partial charge on any atom is -0.384 e. The number of nitrogens with one attached hydrogen (secondary N) is 1. The molecule has 3 N–H and O–H groups in total. The van der Waals surface area contributed by atoms with Crippen LogP contribution < -0.4 is 11.1 Å². The van der Waals surface area contributed by atoms with E-state index in [4.69, 9.17) is 5.73 Å². The molecule has 0 saturated carbocycles. The zero-order valence-corrected chi connectivity index (χ0v) is 14.8. The first-order chi connectivity index (χ1) is 12.1. The standard InChI is InChI=1S/C19H27N5O/c1-15-11-18(20)24(22-15)14-19(25)21-9-7-17-8-10-23(13-17)12-16-5-3-2-4-6-16/h2-6,11,17H,7-10,12-14,20H2,1H3,(H,21,25)/t17-/m0/s1. The number of nitrogens with two attached hydrogens (primary N) is 1. The van der Waals surface area contributed by atoms with Crippen LogP contribution >= 0.6 is 0 Å².